The average molecular weight is 214 g/mol. The Balaban J connectivity index is 2.02. The topological polar surface area (TPSA) is 52.6 Å². The number of nitrogens with zero attached hydrogens (tertiary/aromatic N) is 1. The van der Waals surface area contributed by atoms with Crippen molar-refractivity contribution in [1.82, 2.24) is 10.2 Å². The molecular formula is C11H22N2O2. The summed E-state index contributed by atoms with van der Waals surface area (Å²) < 4.78 is 0. The Labute approximate surface area is 91.6 Å². The van der Waals surface area contributed by atoms with Crippen molar-refractivity contribution in [2.75, 3.05) is 20.1 Å². The minimum atomic E-state index is -0.286. The van der Waals surface area contributed by atoms with Gasteiger partial charge in [-0.15, -0.1) is 0 Å². The van der Waals surface area contributed by atoms with E-state index in [0.29, 0.717) is 25.6 Å². The zero-order chi connectivity index (χ0) is 11.3. The van der Waals surface area contributed by atoms with Crippen LogP contribution in [0.4, 0.5) is 0 Å². The molecule has 2 N–H and O–H groups in total. The highest BCUT2D eigenvalue weighted by molar-refractivity contribution is 5.78. The normalized spacial score (nSPS) is 17.9. The van der Waals surface area contributed by atoms with E-state index in [4.69, 9.17) is 0 Å². The molecule has 0 aromatic carbocycles. The van der Waals surface area contributed by atoms with Crippen LogP contribution in [-0.2, 0) is 4.79 Å². The third kappa shape index (κ3) is 5.14. The van der Waals surface area contributed by atoms with E-state index in [2.05, 4.69) is 10.2 Å². The molecule has 1 atom stereocenters. The fraction of sp³-hybridized carbons (Fsp3) is 0.909. The second-order valence-electron chi connectivity index (χ2n) is 4.35. The van der Waals surface area contributed by atoms with Gasteiger partial charge in [0.1, 0.15) is 0 Å². The highest BCUT2D eigenvalue weighted by Gasteiger charge is 2.26. The van der Waals surface area contributed by atoms with Crippen molar-refractivity contribution >= 4 is 5.91 Å². The van der Waals surface area contributed by atoms with E-state index in [1.807, 2.05) is 14.0 Å². The van der Waals surface area contributed by atoms with Gasteiger partial charge in [0.2, 0.25) is 5.91 Å². The van der Waals surface area contributed by atoms with Crippen LogP contribution in [0.25, 0.3) is 0 Å². The molecule has 0 spiro atoms. The number of aliphatic hydroxyl groups is 1. The van der Waals surface area contributed by atoms with E-state index in [0.717, 1.165) is 6.42 Å². The minimum absolute atomic E-state index is 0.0627. The lowest BCUT2D eigenvalue weighted by Crippen LogP contribution is -2.37. The molecule has 1 amide bonds. The zero-order valence-electron chi connectivity index (χ0n) is 9.70. The van der Waals surface area contributed by atoms with Crippen molar-refractivity contribution in [3.63, 3.8) is 0 Å². The molecule has 0 aromatic heterocycles. The number of amides is 1. The van der Waals surface area contributed by atoms with Gasteiger partial charge in [-0.05, 0) is 32.7 Å². The molecule has 0 heterocycles. The molecule has 1 unspecified atom stereocenters. The van der Waals surface area contributed by atoms with Crippen LogP contribution in [0.5, 0.6) is 0 Å². The number of carbonyl (C=O) groups excluding carboxylic acids is 1. The molecule has 4 heteroatoms. The quantitative estimate of drug-likeness (QED) is 0.643. The van der Waals surface area contributed by atoms with Crippen molar-refractivity contribution in [3.05, 3.63) is 0 Å². The largest absolute Gasteiger partial charge is 0.393 e. The lowest BCUT2D eigenvalue weighted by atomic mass is 10.2. The molecule has 0 saturated heterocycles. The zero-order valence-corrected chi connectivity index (χ0v) is 9.70. The fourth-order valence-corrected chi connectivity index (χ4v) is 1.51. The van der Waals surface area contributed by atoms with Crippen molar-refractivity contribution in [3.8, 4) is 0 Å². The van der Waals surface area contributed by atoms with E-state index in [1.54, 1.807) is 0 Å². The van der Waals surface area contributed by atoms with Crippen LogP contribution in [0.15, 0.2) is 0 Å². The summed E-state index contributed by atoms with van der Waals surface area (Å²) in [6.07, 6.45) is 3.55. The molecular weight excluding hydrogens is 192 g/mol. The van der Waals surface area contributed by atoms with Crippen LogP contribution < -0.4 is 5.32 Å². The van der Waals surface area contributed by atoms with Crippen LogP contribution in [0, 0.1) is 0 Å². The summed E-state index contributed by atoms with van der Waals surface area (Å²) in [6.45, 7) is 2.99. The summed E-state index contributed by atoms with van der Waals surface area (Å²) in [5.41, 5.74) is 0. The van der Waals surface area contributed by atoms with Gasteiger partial charge in [0.25, 0.3) is 0 Å². The van der Waals surface area contributed by atoms with Crippen molar-refractivity contribution in [1.29, 1.82) is 0 Å². The van der Waals surface area contributed by atoms with Gasteiger partial charge >= 0.3 is 0 Å². The van der Waals surface area contributed by atoms with Gasteiger partial charge in [-0.25, -0.2) is 0 Å². The number of aliphatic hydroxyl groups excluding tert-OH is 1. The molecule has 0 aromatic rings. The van der Waals surface area contributed by atoms with Crippen LogP contribution in [0.1, 0.15) is 32.6 Å². The Hall–Kier alpha value is -0.610. The first kappa shape index (κ1) is 12.5. The molecule has 0 bridgehead atoms. The van der Waals surface area contributed by atoms with Crippen LogP contribution in [-0.4, -0.2) is 48.2 Å². The van der Waals surface area contributed by atoms with Gasteiger partial charge in [0, 0.05) is 12.6 Å². The SMILES string of the molecule is CCC(O)CCNC(=O)CN(C)C1CC1. The Kier molecular flexibility index (Phi) is 5.05. The van der Waals surface area contributed by atoms with E-state index < -0.39 is 0 Å². The number of carbonyl (C=O) groups is 1. The third-order valence-corrected chi connectivity index (χ3v) is 2.83. The summed E-state index contributed by atoms with van der Waals surface area (Å²) in [4.78, 5) is 13.5. The first-order chi connectivity index (χ1) is 7.13. The molecule has 1 aliphatic rings. The average Bonchev–Trinajstić information content (AvgIpc) is 3.00. The monoisotopic (exact) mass is 214 g/mol. The Morgan fingerprint density at radius 2 is 2.27 bits per heavy atom. The standard InChI is InChI=1S/C11H22N2O2/c1-3-10(14)6-7-12-11(15)8-13(2)9-4-5-9/h9-10,14H,3-8H2,1-2H3,(H,12,15). The molecule has 4 nitrogen and oxygen atoms in total. The highest BCUT2D eigenvalue weighted by Crippen LogP contribution is 2.24. The van der Waals surface area contributed by atoms with Gasteiger partial charge in [0.05, 0.1) is 12.6 Å². The molecule has 1 rings (SSSR count). The molecule has 0 aliphatic heterocycles. The van der Waals surface area contributed by atoms with Crippen molar-refractivity contribution in [2.24, 2.45) is 0 Å². The third-order valence-electron chi connectivity index (χ3n) is 2.83. The summed E-state index contributed by atoms with van der Waals surface area (Å²) in [7, 11) is 1.98. The van der Waals surface area contributed by atoms with E-state index in [1.165, 1.54) is 12.8 Å². The second kappa shape index (κ2) is 6.08. The van der Waals surface area contributed by atoms with Crippen LogP contribution in [0.3, 0.4) is 0 Å². The van der Waals surface area contributed by atoms with Gasteiger partial charge in [-0.2, -0.15) is 0 Å². The summed E-state index contributed by atoms with van der Waals surface area (Å²) in [6, 6.07) is 0.622. The molecule has 15 heavy (non-hydrogen) atoms. The lowest BCUT2D eigenvalue weighted by Gasteiger charge is -2.15. The van der Waals surface area contributed by atoms with Gasteiger partial charge < -0.3 is 10.4 Å². The van der Waals surface area contributed by atoms with E-state index >= 15 is 0 Å². The van der Waals surface area contributed by atoms with Crippen molar-refractivity contribution < 1.29 is 9.90 Å². The van der Waals surface area contributed by atoms with Crippen LogP contribution in [0.2, 0.25) is 0 Å². The maximum absolute atomic E-state index is 11.4. The molecule has 1 aliphatic carbocycles. The van der Waals surface area contributed by atoms with Gasteiger partial charge in [0.15, 0.2) is 0 Å². The Morgan fingerprint density at radius 3 is 2.80 bits per heavy atom. The number of likely N-dealkylation sites (N-methyl/N-ethyl adjacent to an activating group) is 1. The Bertz CT molecular complexity index is 205. The summed E-state index contributed by atoms with van der Waals surface area (Å²) in [5, 5.41) is 12.1. The van der Waals surface area contributed by atoms with Crippen molar-refractivity contribution in [2.45, 2.75) is 44.8 Å². The summed E-state index contributed by atoms with van der Waals surface area (Å²) in [5.74, 6) is 0.0627. The minimum Gasteiger partial charge on any atom is -0.393 e. The second-order valence-corrected chi connectivity index (χ2v) is 4.35. The Morgan fingerprint density at radius 1 is 1.60 bits per heavy atom. The lowest BCUT2D eigenvalue weighted by molar-refractivity contribution is -0.122. The predicted octanol–water partition coefficient (Wildman–Crippen LogP) is 0.358. The first-order valence-electron chi connectivity index (χ1n) is 5.78. The number of nitrogens with one attached hydrogen (secondary N) is 1. The summed E-state index contributed by atoms with van der Waals surface area (Å²) >= 11 is 0. The predicted molar refractivity (Wildman–Crippen MR) is 59.6 cm³/mol. The number of hydrogen-bond donors (Lipinski definition) is 2. The number of rotatable bonds is 7. The maximum Gasteiger partial charge on any atom is 0.234 e. The molecule has 88 valence electrons. The smallest absolute Gasteiger partial charge is 0.234 e. The maximum atomic E-state index is 11.4. The molecule has 1 fully saturated rings. The molecule has 0 radical (unpaired) electrons. The van der Waals surface area contributed by atoms with Gasteiger partial charge in [-0.1, -0.05) is 6.92 Å². The number of hydrogen-bond acceptors (Lipinski definition) is 3. The fourth-order valence-electron chi connectivity index (χ4n) is 1.51. The van der Waals surface area contributed by atoms with E-state index in [9.17, 15) is 9.90 Å². The van der Waals surface area contributed by atoms with Crippen LogP contribution >= 0.6 is 0 Å². The van der Waals surface area contributed by atoms with Gasteiger partial charge in [-0.3, -0.25) is 9.69 Å². The van der Waals surface area contributed by atoms with E-state index in [-0.39, 0.29) is 12.0 Å². The molecule has 1 saturated carbocycles. The highest BCUT2D eigenvalue weighted by atomic mass is 16.3. The first-order valence-corrected chi connectivity index (χ1v) is 5.78.